The van der Waals surface area contributed by atoms with Gasteiger partial charge in [-0.3, -0.25) is 4.68 Å². The van der Waals surface area contributed by atoms with Crippen molar-refractivity contribution in [1.82, 2.24) is 9.78 Å². The highest BCUT2D eigenvalue weighted by Crippen LogP contribution is 2.31. The van der Waals surface area contributed by atoms with E-state index in [-0.39, 0.29) is 0 Å². The maximum Gasteiger partial charge on any atom is 0.0682 e. The van der Waals surface area contributed by atoms with Gasteiger partial charge in [0.05, 0.1) is 5.69 Å². The summed E-state index contributed by atoms with van der Waals surface area (Å²) in [5.74, 6) is 0.474. The molecule has 0 amide bonds. The highest BCUT2D eigenvalue weighted by atomic mass is 35.5. The van der Waals surface area contributed by atoms with Crippen molar-refractivity contribution in [3.05, 3.63) is 41.0 Å². The third-order valence-corrected chi connectivity index (χ3v) is 2.97. The molecule has 0 saturated heterocycles. The quantitative estimate of drug-likeness (QED) is 0.772. The smallest absolute Gasteiger partial charge is 0.0682 e. The van der Waals surface area contributed by atoms with Crippen LogP contribution in [0.1, 0.15) is 25.3 Å². The fraction of sp³-hybridized carbons (Fsp3) is 0.308. The first-order valence-corrected chi connectivity index (χ1v) is 5.75. The average molecular weight is 235 g/mol. The molecule has 0 fully saturated rings. The van der Waals surface area contributed by atoms with E-state index < -0.39 is 0 Å². The van der Waals surface area contributed by atoms with Gasteiger partial charge in [0, 0.05) is 23.8 Å². The molecule has 1 heterocycles. The Bertz CT molecular complexity index is 500. The molecule has 0 aliphatic rings. The molecular weight excluding hydrogens is 220 g/mol. The van der Waals surface area contributed by atoms with Crippen LogP contribution < -0.4 is 0 Å². The number of halogens is 1. The van der Waals surface area contributed by atoms with Crippen molar-refractivity contribution in [3.63, 3.8) is 0 Å². The normalized spacial score (nSPS) is 11.1. The predicted molar refractivity (Wildman–Crippen MR) is 67.7 cm³/mol. The number of benzene rings is 1. The summed E-state index contributed by atoms with van der Waals surface area (Å²) < 4.78 is 1.87. The zero-order valence-corrected chi connectivity index (χ0v) is 10.5. The van der Waals surface area contributed by atoms with Gasteiger partial charge in [0.2, 0.25) is 0 Å². The van der Waals surface area contributed by atoms with E-state index >= 15 is 0 Å². The summed E-state index contributed by atoms with van der Waals surface area (Å²) in [6, 6.07) is 8.05. The van der Waals surface area contributed by atoms with E-state index in [1.807, 2.05) is 29.9 Å². The molecular formula is C13H15ClN2. The van der Waals surface area contributed by atoms with E-state index in [0.717, 1.165) is 10.7 Å². The Kier molecular flexibility index (Phi) is 3.01. The molecule has 0 bridgehead atoms. The van der Waals surface area contributed by atoms with E-state index in [9.17, 15) is 0 Å². The molecule has 0 spiro atoms. The largest absolute Gasteiger partial charge is 0.268 e. The SMILES string of the molecule is CC(C)c1ccc(Cl)cc1-c1ccnn1C. The van der Waals surface area contributed by atoms with Gasteiger partial charge in [-0.2, -0.15) is 5.10 Å². The fourth-order valence-electron chi connectivity index (χ4n) is 1.89. The van der Waals surface area contributed by atoms with Crippen LogP contribution in [0.4, 0.5) is 0 Å². The number of rotatable bonds is 2. The molecule has 0 atom stereocenters. The van der Waals surface area contributed by atoms with Crippen LogP contribution in [-0.2, 0) is 7.05 Å². The van der Waals surface area contributed by atoms with Crippen molar-refractivity contribution in [1.29, 1.82) is 0 Å². The van der Waals surface area contributed by atoms with Crippen LogP contribution in [0.3, 0.4) is 0 Å². The molecule has 2 rings (SSSR count). The van der Waals surface area contributed by atoms with Crippen LogP contribution in [0.5, 0.6) is 0 Å². The lowest BCUT2D eigenvalue weighted by atomic mass is 9.95. The van der Waals surface area contributed by atoms with Gasteiger partial charge in [0.1, 0.15) is 0 Å². The van der Waals surface area contributed by atoms with Gasteiger partial charge in [-0.15, -0.1) is 0 Å². The van der Waals surface area contributed by atoms with Crippen LogP contribution in [0.15, 0.2) is 30.5 Å². The standard InChI is InChI=1S/C13H15ClN2/c1-9(2)11-5-4-10(14)8-12(11)13-6-7-15-16(13)3/h4-9H,1-3H3. The van der Waals surface area contributed by atoms with Gasteiger partial charge < -0.3 is 0 Å². The lowest BCUT2D eigenvalue weighted by molar-refractivity contribution is 0.772. The third kappa shape index (κ3) is 1.98. The van der Waals surface area contributed by atoms with Gasteiger partial charge in [-0.25, -0.2) is 0 Å². The van der Waals surface area contributed by atoms with E-state index in [0.29, 0.717) is 5.92 Å². The maximum atomic E-state index is 6.06. The Morgan fingerprint density at radius 3 is 2.56 bits per heavy atom. The summed E-state index contributed by atoms with van der Waals surface area (Å²) in [6.07, 6.45) is 1.81. The van der Waals surface area contributed by atoms with Gasteiger partial charge >= 0.3 is 0 Å². The van der Waals surface area contributed by atoms with E-state index in [1.165, 1.54) is 11.1 Å². The number of hydrogen-bond acceptors (Lipinski definition) is 1. The molecule has 16 heavy (non-hydrogen) atoms. The highest BCUT2D eigenvalue weighted by Gasteiger charge is 2.11. The molecule has 0 aliphatic carbocycles. The Hall–Kier alpha value is -1.28. The average Bonchev–Trinajstić information content (AvgIpc) is 2.63. The molecule has 1 aromatic heterocycles. The topological polar surface area (TPSA) is 17.8 Å². The Balaban J connectivity index is 2.63. The second-order valence-corrected chi connectivity index (χ2v) is 4.66. The first kappa shape index (κ1) is 11.2. The van der Waals surface area contributed by atoms with Crippen molar-refractivity contribution in [2.75, 3.05) is 0 Å². The van der Waals surface area contributed by atoms with Crippen LogP contribution in [-0.4, -0.2) is 9.78 Å². The minimum atomic E-state index is 0.474. The number of nitrogens with zero attached hydrogens (tertiary/aromatic N) is 2. The number of aryl methyl sites for hydroxylation is 1. The third-order valence-electron chi connectivity index (χ3n) is 2.73. The molecule has 84 valence electrons. The van der Waals surface area contributed by atoms with Crippen LogP contribution in [0, 0.1) is 0 Å². The molecule has 2 aromatic rings. The summed E-state index contributed by atoms with van der Waals surface area (Å²) in [6.45, 7) is 4.37. The van der Waals surface area contributed by atoms with Crippen molar-refractivity contribution >= 4 is 11.6 Å². The van der Waals surface area contributed by atoms with Crippen molar-refractivity contribution < 1.29 is 0 Å². The first-order chi connectivity index (χ1) is 7.59. The monoisotopic (exact) mass is 234 g/mol. The summed E-state index contributed by atoms with van der Waals surface area (Å²) in [5, 5.41) is 4.96. The fourth-order valence-corrected chi connectivity index (χ4v) is 2.06. The second kappa shape index (κ2) is 4.30. The highest BCUT2D eigenvalue weighted by molar-refractivity contribution is 6.30. The summed E-state index contributed by atoms with van der Waals surface area (Å²) in [7, 11) is 1.94. The summed E-state index contributed by atoms with van der Waals surface area (Å²) in [5.41, 5.74) is 3.57. The minimum absolute atomic E-state index is 0.474. The van der Waals surface area contributed by atoms with E-state index in [1.54, 1.807) is 6.20 Å². The van der Waals surface area contributed by atoms with Crippen molar-refractivity contribution in [3.8, 4) is 11.3 Å². The summed E-state index contributed by atoms with van der Waals surface area (Å²) in [4.78, 5) is 0. The molecule has 0 radical (unpaired) electrons. The number of hydrogen-bond donors (Lipinski definition) is 0. The van der Waals surface area contributed by atoms with E-state index in [4.69, 9.17) is 11.6 Å². The number of aromatic nitrogens is 2. The van der Waals surface area contributed by atoms with E-state index in [2.05, 4.69) is 25.0 Å². The molecule has 0 N–H and O–H groups in total. The minimum Gasteiger partial charge on any atom is -0.268 e. The Labute approximate surface area is 101 Å². The maximum absolute atomic E-state index is 6.06. The zero-order valence-electron chi connectivity index (χ0n) is 9.74. The van der Waals surface area contributed by atoms with Crippen LogP contribution >= 0.6 is 11.6 Å². The Morgan fingerprint density at radius 2 is 2.00 bits per heavy atom. The van der Waals surface area contributed by atoms with Crippen LogP contribution in [0.25, 0.3) is 11.3 Å². The molecule has 1 aromatic carbocycles. The first-order valence-electron chi connectivity index (χ1n) is 5.37. The van der Waals surface area contributed by atoms with Gasteiger partial charge in [0.15, 0.2) is 0 Å². The zero-order chi connectivity index (χ0) is 11.7. The van der Waals surface area contributed by atoms with Crippen molar-refractivity contribution in [2.24, 2.45) is 7.05 Å². The molecule has 0 unspecified atom stereocenters. The lowest BCUT2D eigenvalue weighted by Crippen LogP contribution is -1.98. The van der Waals surface area contributed by atoms with Gasteiger partial charge in [-0.1, -0.05) is 31.5 Å². The van der Waals surface area contributed by atoms with Gasteiger partial charge in [-0.05, 0) is 29.7 Å². The predicted octanol–water partition coefficient (Wildman–Crippen LogP) is 3.86. The molecule has 0 saturated carbocycles. The van der Waals surface area contributed by atoms with Crippen LogP contribution in [0.2, 0.25) is 5.02 Å². The second-order valence-electron chi connectivity index (χ2n) is 4.23. The molecule has 3 heteroatoms. The molecule has 2 nitrogen and oxygen atoms in total. The summed E-state index contributed by atoms with van der Waals surface area (Å²) >= 11 is 6.06. The lowest BCUT2D eigenvalue weighted by Gasteiger charge is -2.13. The molecule has 0 aliphatic heterocycles. The van der Waals surface area contributed by atoms with Gasteiger partial charge in [0.25, 0.3) is 0 Å². The van der Waals surface area contributed by atoms with Crippen molar-refractivity contribution in [2.45, 2.75) is 19.8 Å². The Morgan fingerprint density at radius 1 is 1.25 bits per heavy atom.